The molecule has 1 saturated carbocycles. The van der Waals surface area contributed by atoms with Gasteiger partial charge in [0.1, 0.15) is 5.82 Å². The van der Waals surface area contributed by atoms with Crippen molar-refractivity contribution in [2.45, 2.75) is 56.6 Å². The van der Waals surface area contributed by atoms with E-state index in [9.17, 15) is 4.39 Å². The SMILES string of the molecule is Cc1ccc2ncc(F)c(CCC34CCC(N)(CC3)CO4)c2n1. The molecule has 4 heterocycles. The van der Waals surface area contributed by atoms with Crippen LogP contribution < -0.4 is 5.73 Å². The minimum atomic E-state index is -0.271. The van der Waals surface area contributed by atoms with Gasteiger partial charge in [0.25, 0.3) is 0 Å². The first-order valence-corrected chi connectivity index (χ1v) is 8.32. The number of ether oxygens (including phenoxy) is 1. The van der Waals surface area contributed by atoms with Crippen LogP contribution in [0.4, 0.5) is 4.39 Å². The molecule has 2 aliphatic heterocycles. The zero-order valence-electron chi connectivity index (χ0n) is 13.4. The Hall–Kier alpha value is -1.59. The van der Waals surface area contributed by atoms with Crippen molar-refractivity contribution in [3.63, 3.8) is 0 Å². The van der Waals surface area contributed by atoms with E-state index in [2.05, 4.69) is 9.97 Å². The van der Waals surface area contributed by atoms with Gasteiger partial charge in [-0.3, -0.25) is 9.97 Å². The molecule has 0 radical (unpaired) electrons. The number of rotatable bonds is 3. The van der Waals surface area contributed by atoms with Crippen LogP contribution in [-0.4, -0.2) is 27.7 Å². The van der Waals surface area contributed by atoms with Crippen molar-refractivity contribution in [2.75, 3.05) is 6.61 Å². The topological polar surface area (TPSA) is 61.0 Å². The van der Waals surface area contributed by atoms with Crippen molar-refractivity contribution in [3.8, 4) is 0 Å². The molecule has 2 aromatic rings. The van der Waals surface area contributed by atoms with E-state index in [1.165, 1.54) is 6.20 Å². The summed E-state index contributed by atoms with van der Waals surface area (Å²) >= 11 is 0. The maximum atomic E-state index is 14.3. The summed E-state index contributed by atoms with van der Waals surface area (Å²) in [6.07, 6.45) is 6.70. The van der Waals surface area contributed by atoms with E-state index < -0.39 is 0 Å². The molecule has 3 aliphatic rings. The number of nitrogens with zero attached hydrogens (tertiary/aromatic N) is 2. The van der Waals surface area contributed by atoms with Gasteiger partial charge in [0.15, 0.2) is 0 Å². The quantitative estimate of drug-likeness (QED) is 0.945. The maximum absolute atomic E-state index is 14.3. The molecule has 4 nitrogen and oxygen atoms in total. The molecule has 2 saturated heterocycles. The largest absolute Gasteiger partial charge is 0.373 e. The Morgan fingerprint density at radius 3 is 2.74 bits per heavy atom. The fourth-order valence-electron chi connectivity index (χ4n) is 3.89. The number of halogens is 1. The second-order valence-corrected chi connectivity index (χ2v) is 7.24. The Bertz CT molecular complexity index is 731. The Morgan fingerprint density at radius 1 is 1.26 bits per heavy atom. The summed E-state index contributed by atoms with van der Waals surface area (Å²) in [5.41, 5.74) is 8.98. The van der Waals surface area contributed by atoms with E-state index in [0.717, 1.165) is 43.3 Å². The molecule has 2 aromatic heterocycles. The van der Waals surface area contributed by atoms with Crippen LogP contribution in [0.15, 0.2) is 18.3 Å². The van der Waals surface area contributed by atoms with Gasteiger partial charge in [-0.15, -0.1) is 0 Å². The average molecular weight is 315 g/mol. The van der Waals surface area contributed by atoms with Crippen LogP contribution in [0.25, 0.3) is 11.0 Å². The Kier molecular flexibility index (Phi) is 3.39. The van der Waals surface area contributed by atoms with E-state index >= 15 is 0 Å². The highest BCUT2D eigenvalue weighted by molar-refractivity contribution is 5.77. The molecule has 3 fully saturated rings. The van der Waals surface area contributed by atoms with E-state index in [0.29, 0.717) is 24.1 Å². The third-order valence-electron chi connectivity index (χ3n) is 5.56. The highest BCUT2D eigenvalue weighted by atomic mass is 19.1. The first kappa shape index (κ1) is 15.0. The highest BCUT2D eigenvalue weighted by Gasteiger charge is 2.47. The smallest absolute Gasteiger partial charge is 0.146 e. The second kappa shape index (κ2) is 5.21. The standard InChI is InChI=1S/C18H22FN3O/c1-12-2-3-15-16(22-12)13(14(19)10-21-15)4-5-18-8-6-17(20,7-9-18)11-23-18/h2-3,10H,4-9,11,20H2,1H3. The first-order chi connectivity index (χ1) is 11.0. The van der Waals surface area contributed by atoms with Crippen LogP contribution in [0, 0.1) is 12.7 Å². The number of nitrogens with two attached hydrogens (primary N) is 1. The van der Waals surface area contributed by atoms with Gasteiger partial charge in [-0.2, -0.15) is 0 Å². The van der Waals surface area contributed by atoms with Crippen LogP contribution in [-0.2, 0) is 11.2 Å². The summed E-state index contributed by atoms with van der Waals surface area (Å²) in [5, 5.41) is 0. The monoisotopic (exact) mass is 315 g/mol. The van der Waals surface area contributed by atoms with E-state index in [1.807, 2.05) is 19.1 Å². The molecule has 0 aromatic carbocycles. The molecule has 0 spiro atoms. The summed E-state index contributed by atoms with van der Waals surface area (Å²) in [6, 6.07) is 3.81. The highest BCUT2D eigenvalue weighted by Crippen LogP contribution is 2.44. The van der Waals surface area contributed by atoms with Crippen LogP contribution >= 0.6 is 0 Å². The molecular formula is C18H22FN3O. The minimum Gasteiger partial charge on any atom is -0.373 e. The summed E-state index contributed by atoms with van der Waals surface area (Å²) in [6.45, 7) is 2.54. The normalized spacial score (nSPS) is 30.0. The number of hydrogen-bond acceptors (Lipinski definition) is 4. The zero-order chi connectivity index (χ0) is 16.1. The fourth-order valence-corrected chi connectivity index (χ4v) is 3.89. The number of hydrogen-bond donors (Lipinski definition) is 1. The van der Waals surface area contributed by atoms with Gasteiger partial charge in [-0.05, 0) is 57.6 Å². The van der Waals surface area contributed by atoms with E-state index in [4.69, 9.17) is 10.5 Å². The molecular weight excluding hydrogens is 293 g/mol. The van der Waals surface area contributed by atoms with Crippen LogP contribution in [0.5, 0.6) is 0 Å². The van der Waals surface area contributed by atoms with Crippen molar-refractivity contribution < 1.29 is 9.13 Å². The summed E-state index contributed by atoms with van der Waals surface area (Å²) in [4.78, 5) is 8.65. The van der Waals surface area contributed by atoms with Crippen molar-refractivity contribution >= 4 is 11.0 Å². The molecule has 2 bridgehead atoms. The second-order valence-electron chi connectivity index (χ2n) is 7.24. The molecule has 0 unspecified atom stereocenters. The number of pyridine rings is 2. The lowest BCUT2D eigenvalue weighted by Gasteiger charge is -2.51. The molecule has 5 heteroatoms. The van der Waals surface area contributed by atoms with Crippen LogP contribution in [0.2, 0.25) is 0 Å². The van der Waals surface area contributed by atoms with Crippen LogP contribution in [0.3, 0.4) is 0 Å². The molecule has 0 amide bonds. The van der Waals surface area contributed by atoms with Crippen molar-refractivity contribution in [1.29, 1.82) is 0 Å². The lowest BCUT2D eigenvalue weighted by molar-refractivity contribution is -0.156. The molecule has 2 N–H and O–H groups in total. The molecule has 0 atom stereocenters. The molecule has 23 heavy (non-hydrogen) atoms. The third kappa shape index (κ3) is 2.62. The maximum Gasteiger partial charge on any atom is 0.146 e. The predicted octanol–water partition coefficient (Wildman–Crippen LogP) is 3.05. The number of aryl methyl sites for hydroxylation is 2. The lowest BCUT2D eigenvalue weighted by Crippen LogP contribution is -2.59. The predicted molar refractivity (Wildman–Crippen MR) is 86.6 cm³/mol. The number of fused-ring (bicyclic) bond motifs is 4. The Balaban J connectivity index is 1.61. The van der Waals surface area contributed by atoms with Gasteiger partial charge in [-0.25, -0.2) is 4.39 Å². The summed E-state index contributed by atoms with van der Waals surface area (Å²) in [7, 11) is 0. The van der Waals surface area contributed by atoms with Gasteiger partial charge < -0.3 is 10.5 Å². The summed E-state index contributed by atoms with van der Waals surface area (Å²) < 4.78 is 20.4. The molecule has 1 aliphatic carbocycles. The van der Waals surface area contributed by atoms with Gasteiger partial charge >= 0.3 is 0 Å². The minimum absolute atomic E-state index is 0.130. The molecule has 5 rings (SSSR count). The van der Waals surface area contributed by atoms with Crippen LogP contribution in [0.1, 0.15) is 43.4 Å². The first-order valence-electron chi connectivity index (χ1n) is 8.32. The fraction of sp³-hybridized carbons (Fsp3) is 0.556. The third-order valence-corrected chi connectivity index (χ3v) is 5.56. The van der Waals surface area contributed by atoms with E-state index in [1.54, 1.807) is 0 Å². The van der Waals surface area contributed by atoms with Gasteiger partial charge in [0, 0.05) is 16.8 Å². The van der Waals surface area contributed by atoms with Crippen molar-refractivity contribution in [2.24, 2.45) is 5.73 Å². The van der Waals surface area contributed by atoms with Gasteiger partial charge in [0.2, 0.25) is 0 Å². The molecule has 122 valence electrons. The average Bonchev–Trinajstić information content (AvgIpc) is 2.55. The zero-order valence-corrected chi connectivity index (χ0v) is 13.4. The van der Waals surface area contributed by atoms with Crippen molar-refractivity contribution in [3.05, 3.63) is 35.4 Å². The Morgan fingerprint density at radius 2 is 2.04 bits per heavy atom. The van der Waals surface area contributed by atoms with Crippen molar-refractivity contribution in [1.82, 2.24) is 9.97 Å². The van der Waals surface area contributed by atoms with Gasteiger partial charge in [0.05, 0.1) is 29.4 Å². The lowest BCUT2D eigenvalue weighted by atomic mass is 9.70. The Labute approximate surface area is 135 Å². The number of aromatic nitrogens is 2. The van der Waals surface area contributed by atoms with Gasteiger partial charge in [-0.1, -0.05) is 0 Å². The summed E-state index contributed by atoms with van der Waals surface area (Å²) in [5.74, 6) is -0.271. The van der Waals surface area contributed by atoms with E-state index in [-0.39, 0.29) is 17.0 Å².